The Morgan fingerprint density at radius 3 is 2.42 bits per heavy atom. The molecule has 0 aliphatic carbocycles. The minimum Gasteiger partial charge on any atom is -0.339 e. The smallest absolute Gasteiger partial charge is 0.262 e. The zero-order chi connectivity index (χ0) is 22.3. The van der Waals surface area contributed by atoms with Gasteiger partial charge in [0.15, 0.2) is 10.8 Å². The lowest BCUT2D eigenvalue weighted by Crippen LogP contribution is -2.30. The van der Waals surface area contributed by atoms with Crippen LogP contribution in [0.25, 0.3) is 0 Å². The van der Waals surface area contributed by atoms with Crippen LogP contribution in [-0.2, 0) is 17.1 Å². The van der Waals surface area contributed by atoms with Crippen molar-refractivity contribution in [3.8, 4) is 0 Å². The highest BCUT2D eigenvalue weighted by atomic mass is 35.5. The molecule has 1 aliphatic rings. The molecule has 0 unspecified atom stereocenters. The Morgan fingerprint density at radius 2 is 1.81 bits per heavy atom. The lowest BCUT2D eigenvalue weighted by atomic mass is 9.84. The van der Waals surface area contributed by atoms with Crippen molar-refractivity contribution in [1.82, 2.24) is 13.9 Å². The quantitative estimate of drug-likeness (QED) is 0.513. The van der Waals surface area contributed by atoms with Crippen LogP contribution in [0.1, 0.15) is 21.8 Å². The molecule has 0 amide bonds. The third kappa shape index (κ3) is 4.25. The number of imidazole rings is 1. The summed E-state index contributed by atoms with van der Waals surface area (Å²) in [6.07, 6.45) is 2.81. The molecule has 2 aromatic carbocycles. The highest BCUT2D eigenvalue weighted by Crippen LogP contribution is 2.38. The van der Waals surface area contributed by atoms with Crippen molar-refractivity contribution in [2.24, 2.45) is 13.0 Å². The highest BCUT2D eigenvalue weighted by molar-refractivity contribution is 7.89. The molecule has 10 heteroatoms. The monoisotopic (exact) mass is 481 g/mol. The van der Waals surface area contributed by atoms with Crippen LogP contribution >= 0.6 is 23.2 Å². The SMILES string of the molecule is Cn1cnc(S(=O)(=O)N2C[C@@H](C(=O)c3ccc(Cl)c(Cl)c3)[C@H](c3ccc(F)cc3)C2)c1. The van der Waals surface area contributed by atoms with Gasteiger partial charge in [-0.1, -0.05) is 35.3 Å². The summed E-state index contributed by atoms with van der Waals surface area (Å²) in [5.74, 6) is -1.80. The first-order valence-electron chi connectivity index (χ1n) is 9.39. The van der Waals surface area contributed by atoms with E-state index in [1.54, 1.807) is 29.8 Å². The molecule has 4 rings (SSSR count). The van der Waals surface area contributed by atoms with Gasteiger partial charge in [0.1, 0.15) is 5.82 Å². The maximum Gasteiger partial charge on any atom is 0.262 e. The van der Waals surface area contributed by atoms with Crippen molar-refractivity contribution in [2.45, 2.75) is 10.9 Å². The second-order valence-electron chi connectivity index (χ2n) is 7.46. The van der Waals surface area contributed by atoms with E-state index in [0.29, 0.717) is 16.1 Å². The lowest BCUT2D eigenvalue weighted by Gasteiger charge is -2.18. The summed E-state index contributed by atoms with van der Waals surface area (Å²) in [5, 5.41) is 0.469. The zero-order valence-electron chi connectivity index (χ0n) is 16.4. The van der Waals surface area contributed by atoms with Crippen LogP contribution in [0.4, 0.5) is 4.39 Å². The van der Waals surface area contributed by atoms with Crippen molar-refractivity contribution < 1.29 is 17.6 Å². The van der Waals surface area contributed by atoms with E-state index in [1.165, 1.54) is 41.1 Å². The highest BCUT2D eigenvalue weighted by Gasteiger charge is 2.44. The van der Waals surface area contributed by atoms with Crippen molar-refractivity contribution in [3.05, 3.63) is 82.0 Å². The van der Waals surface area contributed by atoms with Gasteiger partial charge in [0.25, 0.3) is 10.0 Å². The molecule has 0 N–H and O–H groups in total. The van der Waals surface area contributed by atoms with Crippen LogP contribution in [0.2, 0.25) is 10.0 Å². The van der Waals surface area contributed by atoms with Crippen LogP contribution in [-0.4, -0.2) is 41.1 Å². The Morgan fingerprint density at radius 1 is 1.10 bits per heavy atom. The predicted octanol–water partition coefficient (Wildman–Crippen LogP) is 4.15. The number of halogens is 3. The first-order valence-corrected chi connectivity index (χ1v) is 11.6. The number of benzene rings is 2. The van der Waals surface area contributed by atoms with Crippen molar-refractivity contribution in [2.75, 3.05) is 13.1 Å². The summed E-state index contributed by atoms with van der Waals surface area (Å²) >= 11 is 12.0. The standard InChI is InChI=1S/C21H18Cl2FN3O3S/c1-26-11-20(25-12-26)31(29,30)27-9-16(13-2-5-15(24)6-3-13)17(10-27)21(28)14-4-7-18(22)19(23)8-14/h2-8,11-12,16-17H,9-10H2,1H3/t16-,17+/m0/s1. The van der Waals surface area contributed by atoms with Crippen LogP contribution in [0.3, 0.4) is 0 Å². The Labute approximate surface area is 189 Å². The van der Waals surface area contributed by atoms with E-state index < -0.39 is 27.7 Å². The minimum absolute atomic E-state index is 0.0277. The molecule has 31 heavy (non-hydrogen) atoms. The normalized spacial score (nSPS) is 19.6. The summed E-state index contributed by atoms with van der Waals surface area (Å²) in [4.78, 5) is 17.3. The van der Waals surface area contributed by atoms with Crippen molar-refractivity contribution in [1.29, 1.82) is 0 Å². The molecule has 1 saturated heterocycles. The zero-order valence-corrected chi connectivity index (χ0v) is 18.7. The number of sulfonamides is 1. The van der Waals surface area contributed by atoms with Gasteiger partial charge in [-0.2, -0.15) is 4.31 Å². The van der Waals surface area contributed by atoms with Crippen LogP contribution in [0.15, 0.2) is 60.0 Å². The lowest BCUT2D eigenvalue weighted by molar-refractivity contribution is 0.0918. The molecule has 0 bridgehead atoms. The number of aromatic nitrogens is 2. The number of ketones is 1. The average Bonchev–Trinajstić information content (AvgIpc) is 3.38. The molecule has 2 heterocycles. The predicted molar refractivity (Wildman–Crippen MR) is 115 cm³/mol. The Bertz CT molecular complexity index is 1250. The van der Waals surface area contributed by atoms with E-state index >= 15 is 0 Å². The van der Waals surface area contributed by atoms with Crippen molar-refractivity contribution in [3.63, 3.8) is 0 Å². The largest absolute Gasteiger partial charge is 0.339 e. The number of carbonyl (C=O) groups is 1. The second kappa shape index (κ2) is 8.35. The molecule has 2 atom stereocenters. The molecule has 1 aliphatic heterocycles. The number of hydrogen-bond acceptors (Lipinski definition) is 4. The number of rotatable bonds is 5. The number of Topliss-reactive ketones (excluding diaryl/α,β-unsaturated/α-hetero) is 1. The summed E-state index contributed by atoms with van der Waals surface area (Å²) in [5.41, 5.74) is 1.02. The molecule has 162 valence electrons. The van der Waals surface area contributed by atoms with Gasteiger partial charge < -0.3 is 4.57 Å². The van der Waals surface area contributed by atoms with E-state index in [1.807, 2.05) is 0 Å². The van der Waals surface area contributed by atoms with Gasteiger partial charge in [-0.25, -0.2) is 17.8 Å². The average molecular weight is 482 g/mol. The fourth-order valence-electron chi connectivity index (χ4n) is 3.80. The third-order valence-electron chi connectivity index (χ3n) is 5.41. The summed E-state index contributed by atoms with van der Waals surface area (Å²) in [7, 11) is -2.23. The van der Waals surface area contributed by atoms with Gasteiger partial charge in [-0.05, 0) is 35.9 Å². The number of aryl methyl sites for hydroxylation is 1. The molecule has 1 fully saturated rings. The molecule has 0 spiro atoms. The molecular formula is C21H18Cl2FN3O3S. The molecule has 6 nitrogen and oxygen atoms in total. The first-order chi connectivity index (χ1) is 14.7. The first kappa shape index (κ1) is 22.0. The van der Waals surface area contributed by atoms with Crippen LogP contribution in [0, 0.1) is 11.7 Å². The maximum atomic E-state index is 13.5. The van der Waals surface area contributed by atoms with Gasteiger partial charge in [0, 0.05) is 43.7 Å². The van der Waals surface area contributed by atoms with Gasteiger partial charge in [0.2, 0.25) is 0 Å². The van der Waals surface area contributed by atoms with Crippen molar-refractivity contribution >= 4 is 39.0 Å². The van der Waals surface area contributed by atoms with Gasteiger partial charge >= 0.3 is 0 Å². The fraction of sp³-hybridized carbons (Fsp3) is 0.238. The Hall–Kier alpha value is -2.26. The molecule has 3 aromatic rings. The fourth-order valence-corrected chi connectivity index (χ4v) is 5.55. The number of carbonyl (C=O) groups excluding carboxylic acids is 1. The minimum atomic E-state index is -3.90. The van der Waals surface area contributed by atoms with E-state index in [9.17, 15) is 17.6 Å². The third-order valence-corrected chi connectivity index (χ3v) is 7.87. The topological polar surface area (TPSA) is 72.3 Å². The van der Waals surface area contributed by atoms with E-state index in [2.05, 4.69) is 4.98 Å². The van der Waals surface area contributed by atoms with E-state index in [0.717, 1.165) is 0 Å². The summed E-state index contributed by atoms with van der Waals surface area (Å²) in [6, 6.07) is 10.3. The van der Waals surface area contributed by atoms with E-state index in [4.69, 9.17) is 23.2 Å². The summed E-state index contributed by atoms with van der Waals surface area (Å²) in [6.45, 7) is 0.0439. The maximum absolute atomic E-state index is 13.5. The Kier molecular flexibility index (Phi) is 5.91. The van der Waals surface area contributed by atoms with E-state index in [-0.39, 0.29) is 28.9 Å². The van der Waals surface area contributed by atoms with Crippen LogP contribution < -0.4 is 0 Å². The van der Waals surface area contributed by atoms with Gasteiger partial charge in [0.05, 0.1) is 16.4 Å². The number of nitrogens with zero attached hydrogens (tertiary/aromatic N) is 3. The molecule has 0 saturated carbocycles. The van der Waals surface area contributed by atoms with Crippen LogP contribution in [0.5, 0.6) is 0 Å². The molecular weight excluding hydrogens is 464 g/mol. The molecule has 0 radical (unpaired) electrons. The van der Waals surface area contributed by atoms with Gasteiger partial charge in [-0.3, -0.25) is 4.79 Å². The molecule has 1 aromatic heterocycles. The number of hydrogen-bond donors (Lipinski definition) is 0. The van der Waals surface area contributed by atoms with Gasteiger partial charge in [-0.15, -0.1) is 0 Å². The second-order valence-corrected chi connectivity index (χ2v) is 10.2. The summed E-state index contributed by atoms with van der Waals surface area (Å²) < 4.78 is 42.5. The Balaban J connectivity index is 1.72.